The van der Waals surface area contributed by atoms with Gasteiger partial charge in [-0.15, -0.1) is 0 Å². The number of benzene rings is 1. The zero-order valence-corrected chi connectivity index (χ0v) is 7.00. The Hall–Kier alpha value is -1.02. The van der Waals surface area contributed by atoms with Crippen LogP contribution in [0.4, 0.5) is 0 Å². The van der Waals surface area contributed by atoms with Crippen LogP contribution in [-0.4, -0.2) is 7.11 Å². The van der Waals surface area contributed by atoms with Crippen LogP contribution in [0.3, 0.4) is 0 Å². The largest absolute Gasteiger partial charge is 0.497 e. The predicted octanol–water partition coefficient (Wildman–Crippen LogP) is 0.998. The molecule has 11 heavy (non-hydrogen) atoms. The molecule has 0 aliphatic carbocycles. The third-order valence-corrected chi connectivity index (χ3v) is 1.68. The summed E-state index contributed by atoms with van der Waals surface area (Å²) in [6.45, 7) is 2.07. The fraction of sp³-hybridized carbons (Fsp3) is 0.333. The molecule has 0 bridgehead atoms. The van der Waals surface area contributed by atoms with Gasteiger partial charge in [-0.2, -0.15) is 0 Å². The molecule has 1 aromatic rings. The van der Waals surface area contributed by atoms with Crippen LogP contribution in [0.5, 0.6) is 5.75 Å². The van der Waals surface area contributed by atoms with Gasteiger partial charge in [0, 0.05) is 5.56 Å². The summed E-state index contributed by atoms with van der Waals surface area (Å²) in [5.41, 5.74) is 5.16. The van der Waals surface area contributed by atoms with E-state index in [0.29, 0.717) is 6.04 Å². The second-order valence-electron chi connectivity index (χ2n) is 2.67. The number of hydrogen-bond donors (Lipinski definition) is 1. The Bertz CT molecular complexity index is 216. The highest BCUT2D eigenvalue weighted by atomic mass is 16.5. The van der Waals surface area contributed by atoms with Gasteiger partial charge in [-0.3, -0.25) is 0 Å². The van der Waals surface area contributed by atoms with E-state index in [4.69, 9.17) is 4.74 Å². The first-order chi connectivity index (χ1) is 5.24. The first kappa shape index (κ1) is 8.08. The Morgan fingerprint density at radius 1 is 1.27 bits per heavy atom. The van der Waals surface area contributed by atoms with Crippen molar-refractivity contribution in [3.63, 3.8) is 0 Å². The average Bonchev–Trinajstić information content (AvgIpc) is 2.05. The number of methoxy groups -OCH3 is 1. The lowest BCUT2D eigenvalue weighted by molar-refractivity contribution is -0.420. The number of quaternary nitrogens is 1. The highest BCUT2D eigenvalue weighted by Crippen LogP contribution is 2.14. The molecule has 2 nitrogen and oxygen atoms in total. The van der Waals surface area contributed by atoms with Gasteiger partial charge >= 0.3 is 0 Å². The summed E-state index contributed by atoms with van der Waals surface area (Å²) >= 11 is 0. The van der Waals surface area contributed by atoms with E-state index in [-0.39, 0.29) is 0 Å². The summed E-state index contributed by atoms with van der Waals surface area (Å²) < 4.78 is 5.03. The molecule has 60 valence electrons. The van der Waals surface area contributed by atoms with Crippen molar-refractivity contribution in [1.82, 2.24) is 0 Å². The third kappa shape index (κ3) is 1.95. The van der Waals surface area contributed by atoms with E-state index >= 15 is 0 Å². The molecule has 0 aromatic heterocycles. The molecule has 0 radical (unpaired) electrons. The monoisotopic (exact) mass is 152 g/mol. The standard InChI is InChI=1S/C9H13NO/c1-7(10)8-3-5-9(11-2)6-4-8/h3-7H,10H2,1-2H3/p+1. The topological polar surface area (TPSA) is 36.9 Å². The molecule has 0 amide bonds. The highest BCUT2D eigenvalue weighted by molar-refractivity contribution is 5.27. The molecule has 2 heteroatoms. The molecule has 0 heterocycles. The minimum absolute atomic E-state index is 0.348. The van der Waals surface area contributed by atoms with Crippen molar-refractivity contribution < 1.29 is 10.5 Å². The first-order valence-corrected chi connectivity index (χ1v) is 3.71. The Labute approximate surface area is 67.0 Å². The summed E-state index contributed by atoms with van der Waals surface area (Å²) in [5.74, 6) is 0.898. The van der Waals surface area contributed by atoms with E-state index in [1.54, 1.807) is 7.11 Å². The van der Waals surface area contributed by atoms with Crippen molar-refractivity contribution in [2.75, 3.05) is 7.11 Å². The van der Waals surface area contributed by atoms with Gasteiger partial charge in [-0.05, 0) is 31.2 Å². The van der Waals surface area contributed by atoms with Crippen molar-refractivity contribution in [3.8, 4) is 5.75 Å². The fourth-order valence-electron chi connectivity index (χ4n) is 0.932. The van der Waals surface area contributed by atoms with Gasteiger partial charge in [0.15, 0.2) is 0 Å². The smallest absolute Gasteiger partial charge is 0.118 e. The molecule has 1 unspecified atom stereocenters. The van der Waals surface area contributed by atoms with Crippen molar-refractivity contribution in [2.24, 2.45) is 0 Å². The second-order valence-corrected chi connectivity index (χ2v) is 2.67. The maximum Gasteiger partial charge on any atom is 0.118 e. The normalized spacial score (nSPS) is 12.6. The van der Waals surface area contributed by atoms with E-state index in [0.717, 1.165) is 5.75 Å². The molecule has 0 aliphatic heterocycles. The number of ether oxygens (including phenoxy) is 1. The molecule has 3 N–H and O–H groups in total. The second kappa shape index (κ2) is 3.39. The van der Waals surface area contributed by atoms with Gasteiger partial charge in [0.1, 0.15) is 11.8 Å². The summed E-state index contributed by atoms with van der Waals surface area (Å²) in [5, 5.41) is 0. The van der Waals surface area contributed by atoms with Gasteiger partial charge < -0.3 is 10.5 Å². The van der Waals surface area contributed by atoms with E-state index in [2.05, 4.69) is 12.7 Å². The minimum Gasteiger partial charge on any atom is -0.497 e. The van der Waals surface area contributed by atoms with Gasteiger partial charge in [0.2, 0.25) is 0 Å². The summed E-state index contributed by atoms with van der Waals surface area (Å²) in [4.78, 5) is 0. The summed E-state index contributed by atoms with van der Waals surface area (Å²) in [6.07, 6.45) is 0. The van der Waals surface area contributed by atoms with Crippen LogP contribution in [0, 0.1) is 0 Å². The van der Waals surface area contributed by atoms with E-state index in [1.165, 1.54) is 5.56 Å². The predicted molar refractivity (Wildman–Crippen MR) is 44.3 cm³/mol. The maximum atomic E-state index is 5.03. The average molecular weight is 152 g/mol. The van der Waals surface area contributed by atoms with Crippen LogP contribution in [-0.2, 0) is 0 Å². The summed E-state index contributed by atoms with van der Waals surface area (Å²) in [6, 6.07) is 8.34. The molecule has 0 spiro atoms. The van der Waals surface area contributed by atoms with Crippen LogP contribution >= 0.6 is 0 Å². The Kier molecular flexibility index (Phi) is 2.49. The third-order valence-electron chi connectivity index (χ3n) is 1.68. The van der Waals surface area contributed by atoms with Crippen molar-refractivity contribution >= 4 is 0 Å². The van der Waals surface area contributed by atoms with E-state index < -0.39 is 0 Å². The SMILES string of the molecule is COc1ccc(C(C)[NH3+])cc1. The lowest BCUT2D eigenvalue weighted by Gasteiger charge is -2.03. The molecule has 1 rings (SSSR count). The van der Waals surface area contributed by atoms with Crippen molar-refractivity contribution in [2.45, 2.75) is 13.0 Å². The summed E-state index contributed by atoms with van der Waals surface area (Å²) in [7, 11) is 1.67. The minimum atomic E-state index is 0.348. The molecule has 0 aliphatic rings. The lowest BCUT2D eigenvalue weighted by atomic mass is 10.1. The van der Waals surface area contributed by atoms with Crippen molar-refractivity contribution in [1.29, 1.82) is 0 Å². The van der Waals surface area contributed by atoms with Gasteiger partial charge in [-0.1, -0.05) is 0 Å². The Morgan fingerprint density at radius 3 is 2.18 bits per heavy atom. The molecular weight excluding hydrogens is 138 g/mol. The van der Waals surface area contributed by atoms with Crippen LogP contribution in [0.2, 0.25) is 0 Å². The zero-order valence-electron chi connectivity index (χ0n) is 7.00. The lowest BCUT2D eigenvalue weighted by Crippen LogP contribution is -2.51. The Morgan fingerprint density at radius 2 is 1.82 bits per heavy atom. The first-order valence-electron chi connectivity index (χ1n) is 3.71. The van der Waals surface area contributed by atoms with Gasteiger partial charge in [0.05, 0.1) is 7.11 Å². The molecule has 1 atom stereocenters. The van der Waals surface area contributed by atoms with Crippen LogP contribution in [0.15, 0.2) is 24.3 Å². The zero-order chi connectivity index (χ0) is 8.27. The Balaban J connectivity index is 2.83. The number of rotatable bonds is 2. The molecular formula is C9H14NO+. The van der Waals surface area contributed by atoms with Crippen molar-refractivity contribution in [3.05, 3.63) is 29.8 Å². The maximum absolute atomic E-state index is 5.03. The quantitative estimate of drug-likeness (QED) is 0.674. The molecule has 0 saturated heterocycles. The molecule has 1 aromatic carbocycles. The van der Waals surface area contributed by atoms with Crippen LogP contribution < -0.4 is 10.5 Å². The highest BCUT2D eigenvalue weighted by Gasteiger charge is 2.00. The number of hydrogen-bond acceptors (Lipinski definition) is 1. The van der Waals surface area contributed by atoms with E-state index in [9.17, 15) is 0 Å². The molecule has 0 saturated carbocycles. The van der Waals surface area contributed by atoms with Gasteiger partial charge in [0.25, 0.3) is 0 Å². The van der Waals surface area contributed by atoms with E-state index in [1.807, 2.05) is 24.3 Å². The van der Waals surface area contributed by atoms with Crippen LogP contribution in [0.25, 0.3) is 0 Å². The molecule has 0 fully saturated rings. The van der Waals surface area contributed by atoms with Gasteiger partial charge in [-0.25, -0.2) is 0 Å². The fourth-order valence-corrected chi connectivity index (χ4v) is 0.932. The van der Waals surface area contributed by atoms with Crippen LogP contribution in [0.1, 0.15) is 18.5 Å².